The number of phenols is 1. The van der Waals surface area contributed by atoms with Gasteiger partial charge in [-0.15, -0.1) is 0 Å². The van der Waals surface area contributed by atoms with Crippen molar-refractivity contribution in [2.45, 2.75) is 0 Å². The fraction of sp³-hybridized carbons (Fsp3) is 0. The van der Waals surface area contributed by atoms with Crippen molar-refractivity contribution in [1.29, 1.82) is 0 Å². The number of aromatic hydroxyl groups is 1. The van der Waals surface area contributed by atoms with Gasteiger partial charge in [0.25, 0.3) is 0 Å². The zero-order chi connectivity index (χ0) is 16.1. The minimum atomic E-state index is -0.407. The van der Waals surface area contributed by atoms with Crippen molar-refractivity contribution in [2.75, 3.05) is 0 Å². The van der Waals surface area contributed by atoms with Crippen molar-refractivity contribution in [3.05, 3.63) is 46.2 Å². The molecule has 0 heterocycles. The maximum Gasteiger partial charge on any atom is 0.154 e. The number of phenolic OH excluding ortho intramolecular Hbond substituents is 1. The minimum Gasteiger partial charge on any atom is -0.505 e. The average Bonchev–Trinajstić information content (AvgIpc) is 2.46. The summed E-state index contributed by atoms with van der Waals surface area (Å²) in [5.41, 5.74) is 0.413. The summed E-state index contributed by atoms with van der Waals surface area (Å²) in [7, 11) is 0. The summed E-state index contributed by atoms with van der Waals surface area (Å²) in [4.78, 5) is 0. The molecular weight excluding hydrogens is 444 g/mol. The molecule has 0 fully saturated rings. The lowest BCUT2D eigenvalue weighted by atomic mass is 10.0. The second kappa shape index (κ2) is 6.59. The molecule has 0 saturated heterocycles. The molecular formula is C12H2Cl8O. The number of benzene rings is 2. The zero-order valence-corrected chi connectivity index (χ0v) is 15.6. The standard InChI is InChI=1S/C12H2Cl8O/c13-3-1-2(5(14)12(21)6(3)15)4-7(16)9(18)11(20)10(19)8(4)17/h1,21H. The molecule has 0 aromatic heterocycles. The van der Waals surface area contributed by atoms with Gasteiger partial charge in [0.15, 0.2) is 5.75 Å². The first-order valence-corrected chi connectivity index (χ1v) is 8.09. The molecule has 0 spiro atoms. The van der Waals surface area contributed by atoms with E-state index in [1.807, 2.05) is 0 Å². The molecule has 2 aromatic rings. The highest BCUT2D eigenvalue weighted by atomic mass is 35.5. The molecule has 112 valence electrons. The van der Waals surface area contributed by atoms with E-state index in [9.17, 15) is 5.11 Å². The quantitative estimate of drug-likeness (QED) is 0.346. The van der Waals surface area contributed by atoms with Crippen LogP contribution in [0.1, 0.15) is 0 Å². The van der Waals surface area contributed by atoms with Crippen molar-refractivity contribution in [3.63, 3.8) is 0 Å². The third-order valence-corrected chi connectivity index (χ3v) is 6.05. The average molecular weight is 446 g/mol. The fourth-order valence-corrected chi connectivity index (χ4v) is 3.60. The highest BCUT2D eigenvalue weighted by Gasteiger charge is 2.24. The Balaban J connectivity index is 2.93. The van der Waals surface area contributed by atoms with Crippen LogP contribution in [0.2, 0.25) is 40.2 Å². The third-order valence-electron chi connectivity index (χ3n) is 2.61. The van der Waals surface area contributed by atoms with Crippen LogP contribution in [0.25, 0.3) is 11.1 Å². The van der Waals surface area contributed by atoms with Gasteiger partial charge < -0.3 is 5.11 Å². The number of rotatable bonds is 1. The molecule has 9 heteroatoms. The first kappa shape index (κ1) is 17.9. The summed E-state index contributed by atoms with van der Waals surface area (Å²) in [5, 5.41) is 9.81. The van der Waals surface area contributed by atoms with Gasteiger partial charge in [0, 0.05) is 11.1 Å². The van der Waals surface area contributed by atoms with Crippen LogP contribution in [-0.4, -0.2) is 5.11 Å². The van der Waals surface area contributed by atoms with Gasteiger partial charge in [0.2, 0.25) is 0 Å². The molecule has 2 rings (SSSR count). The molecule has 0 aliphatic heterocycles. The highest BCUT2D eigenvalue weighted by molar-refractivity contribution is 6.57. The van der Waals surface area contributed by atoms with E-state index in [0.717, 1.165) is 0 Å². The van der Waals surface area contributed by atoms with E-state index in [-0.39, 0.29) is 51.3 Å². The number of hydrogen-bond acceptors (Lipinski definition) is 1. The second-order valence-corrected chi connectivity index (χ2v) is 6.88. The Bertz CT molecular complexity index is 727. The second-order valence-electron chi connectivity index (χ2n) is 3.83. The van der Waals surface area contributed by atoms with Gasteiger partial charge in [-0.3, -0.25) is 0 Å². The van der Waals surface area contributed by atoms with Gasteiger partial charge in [0.05, 0.1) is 35.2 Å². The SMILES string of the molecule is Oc1c(Cl)c(Cl)cc(-c2c(Cl)c(Cl)c(Cl)c(Cl)c2Cl)c1Cl. The Hall–Kier alpha value is 0.560. The Morgan fingerprint density at radius 2 is 1.00 bits per heavy atom. The Labute approximate surface area is 160 Å². The molecule has 0 aliphatic carbocycles. The Morgan fingerprint density at radius 1 is 0.571 bits per heavy atom. The summed E-state index contributed by atoms with van der Waals surface area (Å²) < 4.78 is 0. The predicted octanol–water partition coefficient (Wildman–Crippen LogP) is 8.29. The molecule has 0 aliphatic rings. The first-order chi connectivity index (χ1) is 9.68. The van der Waals surface area contributed by atoms with Crippen molar-refractivity contribution in [3.8, 4) is 16.9 Å². The lowest BCUT2D eigenvalue weighted by Crippen LogP contribution is -1.89. The summed E-state index contributed by atoms with van der Waals surface area (Å²) in [6, 6.07) is 1.39. The van der Waals surface area contributed by atoms with E-state index < -0.39 is 5.75 Å². The molecule has 2 aromatic carbocycles. The van der Waals surface area contributed by atoms with Gasteiger partial charge >= 0.3 is 0 Å². The van der Waals surface area contributed by atoms with Crippen LogP contribution in [0.15, 0.2) is 6.07 Å². The first-order valence-electron chi connectivity index (χ1n) is 5.06. The number of halogens is 8. The lowest BCUT2D eigenvalue weighted by Gasteiger charge is -2.15. The largest absolute Gasteiger partial charge is 0.505 e. The molecule has 0 bridgehead atoms. The van der Waals surface area contributed by atoms with E-state index in [1.165, 1.54) is 6.07 Å². The van der Waals surface area contributed by atoms with E-state index in [4.69, 9.17) is 92.8 Å². The van der Waals surface area contributed by atoms with E-state index >= 15 is 0 Å². The summed E-state index contributed by atoms with van der Waals surface area (Å²) in [6.45, 7) is 0. The van der Waals surface area contributed by atoms with Gasteiger partial charge in [-0.25, -0.2) is 0 Å². The van der Waals surface area contributed by atoms with Crippen LogP contribution in [0.3, 0.4) is 0 Å². The predicted molar refractivity (Wildman–Crippen MR) is 93.6 cm³/mol. The normalized spacial score (nSPS) is 11.0. The molecule has 0 atom stereocenters. The third kappa shape index (κ3) is 3.00. The van der Waals surface area contributed by atoms with Gasteiger partial charge in [-0.05, 0) is 6.07 Å². The number of hydrogen-bond donors (Lipinski definition) is 1. The van der Waals surface area contributed by atoms with Crippen molar-refractivity contribution in [1.82, 2.24) is 0 Å². The minimum absolute atomic E-state index is 0.00404. The molecule has 0 unspecified atom stereocenters. The van der Waals surface area contributed by atoms with Crippen molar-refractivity contribution in [2.24, 2.45) is 0 Å². The molecule has 0 radical (unpaired) electrons. The van der Waals surface area contributed by atoms with Crippen LogP contribution in [-0.2, 0) is 0 Å². The van der Waals surface area contributed by atoms with E-state index in [2.05, 4.69) is 0 Å². The topological polar surface area (TPSA) is 20.2 Å². The molecule has 1 N–H and O–H groups in total. The van der Waals surface area contributed by atoms with Gasteiger partial charge in [-0.1, -0.05) is 92.8 Å². The molecule has 1 nitrogen and oxygen atoms in total. The summed E-state index contributed by atoms with van der Waals surface area (Å²) >= 11 is 48.0. The molecule has 0 saturated carbocycles. The van der Waals surface area contributed by atoms with Crippen LogP contribution in [0.4, 0.5) is 0 Å². The zero-order valence-electron chi connectivity index (χ0n) is 9.55. The summed E-state index contributed by atoms with van der Waals surface area (Å²) in [5.74, 6) is -0.407. The fourth-order valence-electron chi connectivity index (χ4n) is 1.61. The van der Waals surface area contributed by atoms with Crippen molar-refractivity contribution < 1.29 is 5.11 Å². The Morgan fingerprint density at radius 3 is 1.48 bits per heavy atom. The van der Waals surface area contributed by atoms with Crippen molar-refractivity contribution >= 4 is 92.8 Å². The maximum atomic E-state index is 9.88. The molecule has 0 amide bonds. The smallest absolute Gasteiger partial charge is 0.154 e. The van der Waals surface area contributed by atoms with Gasteiger partial charge in [0.1, 0.15) is 5.02 Å². The summed E-state index contributed by atoms with van der Waals surface area (Å²) in [6.07, 6.45) is 0. The van der Waals surface area contributed by atoms with E-state index in [1.54, 1.807) is 0 Å². The van der Waals surface area contributed by atoms with Crippen LogP contribution in [0, 0.1) is 0 Å². The lowest BCUT2D eigenvalue weighted by molar-refractivity contribution is 0.476. The van der Waals surface area contributed by atoms with Gasteiger partial charge in [-0.2, -0.15) is 0 Å². The van der Waals surface area contributed by atoms with Crippen LogP contribution < -0.4 is 0 Å². The highest BCUT2D eigenvalue weighted by Crippen LogP contribution is 2.52. The van der Waals surface area contributed by atoms with Crippen LogP contribution in [0.5, 0.6) is 5.75 Å². The van der Waals surface area contributed by atoms with Crippen LogP contribution >= 0.6 is 92.8 Å². The maximum absolute atomic E-state index is 9.88. The Kier molecular flexibility index (Phi) is 5.62. The monoisotopic (exact) mass is 442 g/mol. The molecule has 21 heavy (non-hydrogen) atoms. The van der Waals surface area contributed by atoms with E-state index in [0.29, 0.717) is 0 Å².